The molecule has 7 nitrogen and oxygen atoms in total. The van der Waals surface area contributed by atoms with E-state index in [0.717, 1.165) is 0 Å². The highest BCUT2D eigenvalue weighted by atomic mass is 16.6. The number of piperazine rings is 1. The van der Waals surface area contributed by atoms with Crippen molar-refractivity contribution in [3.63, 3.8) is 0 Å². The molecular weight excluding hydrogens is 286 g/mol. The molecule has 2 unspecified atom stereocenters. The van der Waals surface area contributed by atoms with E-state index in [1.165, 1.54) is 0 Å². The van der Waals surface area contributed by atoms with Gasteiger partial charge in [0, 0.05) is 32.2 Å². The molecule has 0 saturated carbocycles. The molecule has 22 heavy (non-hydrogen) atoms. The fourth-order valence-corrected chi connectivity index (χ4v) is 2.61. The van der Waals surface area contributed by atoms with Crippen molar-refractivity contribution in [1.82, 2.24) is 15.1 Å². The summed E-state index contributed by atoms with van der Waals surface area (Å²) in [4.78, 5) is 28.3. The summed E-state index contributed by atoms with van der Waals surface area (Å²) in [6, 6.07) is -0.370. The van der Waals surface area contributed by atoms with Gasteiger partial charge in [0.1, 0.15) is 11.6 Å². The van der Waals surface area contributed by atoms with Crippen LogP contribution in [0.5, 0.6) is 0 Å². The second kappa shape index (κ2) is 6.83. The number of morpholine rings is 1. The van der Waals surface area contributed by atoms with Gasteiger partial charge in [0.25, 0.3) is 0 Å². The molecule has 0 aliphatic carbocycles. The first kappa shape index (κ1) is 17.0. The highest BCUT2D eigenvalue weighted by molar-refractivity contribution is 5.83. The first-order chi connectivity index (χ1) is 10.3. The topological polar surface area (TPSA) is 71.1 Å². The zero-order valence-corrected chi connectivity index (χ0v) is 13.9. The summed E-state index contributed by atoms with van der Waals surface area (Å²) in [5.74, 6) is 0.0313. The SMILES string of the molecule is CC1CNC(C(=O)N2CCOCC2)CN1C(=O)OC(C)(C)C. The molecule has 0 aromatic carbocycles. The Hall–Kier alpha value is -1.34. The zero-order valence-electron chi connectivity index (χ0n) is 13.9. The lowest BCUT2D eigenvalue weighted by atomic mass is 10.1. The lowest BCUT2D eigenvalue weighted by molar-refractivity contribution is -0.138. The number of rotatable bonds is 1. The van der Waals surface area contributed by atoms with Crippen LogP contribution in [0.2, 0.25) is 0 Å². The van der Waals surface area contributed by atoms with Crippen LogP contribution in [0.3, 0.4) is 0 Å². The number of hydrogen-bond acceptors (Lipinski definition) is 5. The molecule has 0 radical (unpaired) electrons. The molecule has 0 aromatic rings. The van der Waals surface area contributed by atoms with Crippen molar-refractivity contribution < 1.29 is 19.1 Å². The van der Waals surface area contributed by atoms with Gasteiger partial charge < -0.3 is 24.6 Å². The van der Waals surface area contributed by atoms with Gasteiger partial charge >= 0.3 is 6.09 Å². The minimum Gasteiger partial charge on any atom is -0.444 e. The van der Waals surface area contributed by atoms with Crippen molar-refractivity contribution in [3.05, 3.63) is 0 Å². The molecule has 2 amide bonds. The second-order valence-corrected chi connectivity index (χ2v) is 6.88. The van der Waals surface area contributed by atoms with Crippen LogP contribution in [0.15, 0.2) is 0 Å². The Morgan fingerprint density at radius 3 is 2.45 bits per heavy atom. The number of ether oxygens (including phenoxy) is 2. The summed E-state index contributed by atoms with van der Waals surface area (Å²) in [6.45, 7) is 10.8. The van der Waals surface area contributed by atoms with E-state index in [0.29, 0.717) is 39.4 Å². The van der Waals surface area contributed by atoms with E-state index < -0.39 is 5.60 Å². The minimum absolute atomic E-state index is 0.00332. The molecule has 2 fully saturated rings. The standard InChI is InChI=1S/C15H27N3O4/c1-11-9-16-12(13(19)17-5-7-21-8-6-17)10-18(11)14(20)22-15(2,3)4/h11-12,16H,5-10H2,1-4H3. The molecule has 2 aliphatic rings. The Labute approximate surface area is 131 Å². The molecule has 2 saturated heterocycles. The van der Waals surface area contributed by atoms with Gasteiger partial charge in [-0.2, -0.15) is 0 Å². The van der Waals surface area contributed by atoms with Crippen LogP contribution >= 0.6 is 0 Å². The molecular formula is C15H27N3O4. The van der Waals surface area contributed by atoms with E-state index in [2.05, 4.69) is 5.32 Å². The van der Waals surface area contributed by atoms with Gasteiger partial charge in [-0.3, -0.25) is 4.79 Å². The van der Waals surface area contributed by atoms with Crippen LogP contribution in [-0.2, 0) is 14.3 Å². The number of hydrogen-bond donors (Lipinski definition) is 1. The molecule has 2 atom stereocenters. The Kier molecular flexibility index (Phi) is 5.28. The van der Waals surface area contributed by atoms with Gasteiger partial charge in [-0.1, -0.05) is 0 Å². The molecule has 0 spiro atoms. The minimum atomic E-state index is -0.536. The van der Waals surface area contributed by atoms with Crippen LogP contribution in [0.1, 0.15) is 27.7 Å². The summed E-state index contributed by atoms with van der Waals surface area (Å²) in [5, 5.41) is 3.23. The molecule has 2 heterocycles. The average Bonchev–Trinajstić information content (AvgIpc) is 2.46. The number of nitrogens with one attached hydrogen (secondary N) is 1. The van der Waals surface area contributed by atoms with Crippen LogP contribution in [0.25, 0.3) is 0 Å². The number of carbonyl (C=O) groups excluding carboxylic acids is 2. The van der Waals surface area contributed by atoms with Crippen molar-refractivity contribution >= 4 is 12.0 Å². The third-order valence-corrected chi connectivity index (χ3v) is 3.82. The van der Waals surface area contributed by atoms with Gasteiger partial charge in [-0.05, 0) is 27.7 Å². The van der Waals surface area contributed by atoms with Crippen LogP contribution < -0.4 is 5.32 Å². The van der Waals surface area contributed by atoms with Gasteiger partial charge in [-0.25, -0.2) is 4.79 Å². The van der Waals surface area contributed by atoms with Crippen LogP contribution in [0, 0.1) is 0 Å². The van der Waals surface area contributed by atoms with E-state index in [4.69, 9.17) is 9.47 Å². The largest absolute Gasteiger partial charge is 0.444 e. The lowest BCUT2D eigenvalue weighted by Gasteiger charge is -2.40. The second-order valence-electron chi connectivity index (χ2n) is 6.88. The first-order valence-corrected chi connectivity index (χ1v) is 7.87. The van der Waals surface area contributed by atoms with Crippen molar-refractivity contribution in [2.45, 2.75) is 45.4 Å². The summed E-state index contributed by atoms with van der Waals surface area (Å²) in [7, 11) is 0. The molecule has 0 aromatic heterocycles. The van der Waals surface area contributed by atoms with E-state index >= 15 is 0 Å². The normalized spacial score (nSPS) is 26.7. The van der Waals surface area contributed by atoms with Crippen molar-refractivity contribution in [2.75, 3.05) is 39.4 Å². The summed E-state index contributed by atoms with van der Waals surface area (Å²) in [5.41, 5.74) is -0.536. The Morgan fingerprint density at radius 2 is 1.86 bits per heavy atom. The maximum Gasteiger partial charge on any atom is 0.410 e. The maximum atomic E-state index is 12.5. The number of amides is 2. The fourth-order valence-electron chi connectivity index (χ4n) is 2.61. The lowest BCUT2D eigenvalue weighted by Crippen LogP contribution is -2.63. The predicted molar refractivity (Wildman–Crippen MR) is 81.6 cm³/mol. The van der Waals surface area contributed by atoms with E-state index in [9.17, 15) is 9.59 Å². The Morgan fingerprint density at radius 1 is 1.23 bits per heavy atom. The zero-order chi connectivity index (χ0) is 16.3. The van der Waals surface area contributed by atoms with E-state index in [1.807, 2.05) is 27.7 Å². The van der Waals surface area contributed by atoms with Gasteiger partial charge in [0.15, 0.2) is 0 Å². The molecule has 7 heteroatoms. The molecule has 126 valence electrons. The monoisotopic (exact) mass is 313 g/mol. The Balaban J connectivity index is 1.97. The number of carbonyl (C=O) groups is 2. The van der Waals surface area contributed by atoms with E-state index in [1.54, 1.807) is 9.80 Å². The Bertz CT molecular complexity index is 416. The molecule has 0 bridgehead atoms. The van der Waals surface area contributed by atoms with E-state index in [-0.39, 0.29) is 24.1 Å². The summed E-state index contributed by atoms with van der Waals surface area (Å²) < 4.78 is 10.7. The first-order valence-electron chi connectivity index (χ1n) is 7.87. The van der Waals surface area contributed by atoms with Gasteiger partial charge in [0.05, 0.1) is 13.2 Å². The smallest absolute Gasteiger partial charge is 0.410 e. The summed E-state index contributed by atoms with van der Waals surface area (Å²) >= 11 is 0. The number of nitrogens with zero attached hydrogens (tertiary/aromatic N) is 2. The van der Waals surface area contributed by atoms with Crippen LogP contribution in [-0.4, -0.2) is 78.9 Å². The summed E-state index contributed by atoms with van der Waals surface area (Å²) in [6.07, 6.45) is -0.360. The average molecular weight is 313 g/mol. The quantitative estimate of drug-likeness (QED) is 0.761. The predicted octanol–water partition coefficient (Wildman–Crippen LogP) is 0.443. The van der Waals surface area contributed by atoms with Crippen molar-refractivity contribution in [3.8, 4) is 0 Å². The highest BCUT2D eigenvalue weighted by Gasteiger charge is 2.36. The third-order valence-electron chi connectivity index (χ3n) is 3.82. The third kappa shape index (κ3) is 4.33. The maximum absolute atomic E-state index is 12.5. The fraction of sp³-hybridized carbons (Fsp3) is 0.867. The highest BCUT2D eigenvalue weighted by Crippen LogP contribution is 2.15. The van der Waals surface area contributed by atoms with Crippen molar-refractivity contribution in [2.24, 2.45) is 0 Å². The van der Waals surface area contributed by atoms with Gasteiger partial charge in [0.2, 0.25) is 5.91 Å². The van der Waals surface area contributed by atoms with Crippen LogP contribution in [0.4, 0.5) is 4.79 Å². The molecule has 1 N–H and O–H groups in total. The van der Waals surface area contributed by atoms with Crippen molar-refractivity contribution in [1.29, 1.82) is 0 Å². The molecule has 2 rings (SSSR count). The molecule has 2 aliphatic heterocycles. The van der Waals surface area contributed by atoms with Gasteiger partial charge in [-0.15, -0.1) is 0 Å².